The van der Waals surface area contributed by atoms with Crippen molar-refractivity contribution in [2.45, 2.75) is 26.8 Å². The molecule has 0 fully saturated rings. The van der Waals surface area contributed by atoms with Crippen LogP contribution in [0.15, 0.2) is 42.1 Å². The number of hydrogen-bond donors (Lipinski definition) is 1. The molecule has 0 saturated heterocycles. The third-order valence-corrected chi connectivity index (χ3v) is 2.16. The minimum absolute atomic E-state index is 0.0697. The largest absolute Gasteiger partial charge is 0.382 e. The highest BCUT2D eigenvalue weighted by Crippen LogP contribution is 2.12. The van der Waals surface area contributed by atoms with E-state index in [-0.39, 0.29) is 11.8 Å². The Bertz CT molecular complexity index is 354. The Labute approximate surface area is 91.0 Å². The van der Waals surface area contributed by atoms with Crippen molar-refractivity contribution in [3.05, 3.63) is 47.7 Å². The van der Waals surface area contributed by atoms with E-state index in [2.05, 4.69) is 24.4 Å². The predicted molar refractivity (Wildman–Crippen MR) is 62.4 cm³/mol. The third kappa shape index (κ3) is 3.98. The number of hydrogen-bond acceptors (Lipinski definition) is 2. The first-order valence-corrected chi connectivity index (χ1v) is 5.10. The van der Waals surface area contributed by atoms with Gasteiger partial charge in [-0.3, -0.25) is 4.79 Å². The van der Waals surface area contributed by atoms with E-state index in [9.17, 15) is 4.79 Å². The van der Waals surface area contributed by atoms with Gasteiger partial charge in [0.15, 0.2) is 5.78 Å². The number of carbonyl (C=O) groups is 1. The SMILES string of the molecule is CC(=O)C=C(C)N[C@H](C)c1ccccc1. The molecular formula is C13H17NO. The van der Waals surface area contributed by atoms with E-state index >= 15 is 0 Å². The Morgan fingerprint density at radius 2 is 1.87 bits per heavy atom. The van der Waals surface area contributed by atoms with E-state index in [4.69, 9.17) is 0 Å². The first-order valence-electron chi connectivity index (χ1n) is 5.10. The van der Waals surface area contributed by atoms with Crippen LogP contribution in [-0.2, 0) is 4.79 Å². The molecule has 0 unspecified atom stereocenters. The van der Waals surface area contributed by atoms with Crippen LogP contribution in [0.2, 0.25) is 0 Å². The van der Waals surface area contributed by atoms with Gasteiger partial charge in [0.1, 0.15) is 0 Å². The number of ketones is 1. The molecule has 0 heterocycles. The average Bonchev–Trinajstić information content (AvgIpc) is 2.17. The van der Waals surface area contributed by atoms with Gasteiger partial charge < -0.3 is 5.32 Å². The number of benzene rings is 1. The fourth-order valence-electron chi connectivity index (χ4n) is 1.51. The van der Waals surface area contributed by atoms with Crippen molar-refractivity contribution in [2.24, 2.45) is 0 Å². The first kappa shape index (κ1) is 11.5. The zero-order chi connectivity index (χ0) is 11.3. The van der Waals surface area contributed by atoms with Gasteiger partial charge in [-0.1, -0.05) is 30.3 Å². The maximum absolute atomic E-state index is 10.9. The Hall–Kier alpha value is -1.57. The van der Waals surface area contributed by atoms with Gasteiger partial charge in [0.05, 0.1) is 0 Å². The molecular weight excluding hydrogens is 186 g/mol. The van der Waals surface area contributed by atoms with Crippen molar-refractivity contribution in [2.75, 3.05) is 0 Å². The molecule has 0 aliphatic carbocycles. The van der Waals surface area contributed by atoms with Crippen molar-refractivity contribution < 1.29 is 4.79 Å². The molecule has 2 nitrogen and oxygen atoms in total. The van der Waals surface area contributed by atoms with Crippen LogP contribution < -0.4 is 5.32 Å². The summed E-state index contributed by atoms with van der Waals surface area (Å²) in [5.41, 5.74) is 2.12. The lowest BCUT2D eigenvalue weighted by Crippen LogP contribution is -2.16. The van der Waals surface area contributed by atoms with Crippen LogP contribution in [0.3, 0.4) is 0 Å². The maximum Gasteiger partial charge on any atom is 0.154 e. The molecule has 80 valence electrons. The van der Waals surface area contributed by atoms with E-state index in [1.807, 2.05) is 25.1 Å². The van der Waals surface area contributed by atoms with Crippen LogP contribution in [0.4, 0.5) is 0 Å². The van der Waals surface area contributed by atoms with Crippen molar-refractivity contribution in [1.82, 2.24) is 5.32 Å². The first-order chi connectivity index (χ1) is 7.09. The minimum atomic E-state index is 0.0697. The summed E-state index contributed by atoms with van der Waals surface area (Å²) in [5, 5.41) is 3.27. The molecule has 0 saturated carbocycles. The molecule has 0 bridgehead atoms. The van der Waals surface area contributed by atoms with Crippen molar-refractivity contribution in [3.63, 3.8) is 0 Å². The van der Waals surface area contributed by atoms with Gasteiger partial charge in [-0.2, -0.15) is 0 Å². The summed E-state index contributed by atoms with van der Waals surface area (Å²) >= 11 is 0. The Morgan fingerprint density at radius 3 is 2.40 bits per heavy atom. The highest BCUT2D eigenvalue weighted by Gasteiger charge is 2.03. The summed E-state index contributed by atoms with van der Waals surface area (Å²) < 4.78 is 0. The molecule has 0 aromatic heterocycles. The lowest BCUT2D eigenvalue weighted by molar-refractivity contribution is -0.112. The van der Waals surface area contributed by atoms with Crippen molar-refractivity contribution in [3.8, 4) is 0 Å². The van der Waals surface area contributed by atoms with E-state index in [1.54, 1.807) is 13.0 Å². The molecule has 0 radical (unpaired) electrons. The van der Waals surface area contributed by atoms with E-state index in [0.29, 0.717) is 0 Å². The second-order valence-electron chi connectivity index (χ2n) is 3.71. The molecule has 0 amide bonds. The summed E-state index contributed by atoms with van der Waals surface area (Å²) in [6.07, 6.45) is 1.61. The second-order valence-corrected chi connectivity index (χ2v) is 3.71. The molecule has 0 spiro atoms. The van der Waals surface area contributed by atoms with Gasteiger partial charge in [-0.25, -0.2) is 0 Å². The molecule has 1 aromatic rings. The van der Waals surface area contributed by atoms with Crippen LogP contribution in [-0.4, -0.2) is 5.78 Å². The summed E-state index contributed by atoms with van der Waals surface area (Å²) in [7, 11) is 0. The topological polar surface area (TPSA) is 29.1 Å². The number of allylic oxidation sites excluding steroid dienone is 2. The molecule has 2 heteroatoms. The van der Waals surface area contributed by atoms with Gasteiger partial charge in [0.2, 0.25) is 0 Å². The van der Waals surface area contributed by atoms with Gasteiger partial charge in [-0.15, -0.1) is 0 Å². The van der Waals surface area contributed by atoms with Crippen LogP contribution in [0.5, 0.6) is 0 Å². The normalized spacial score (nSPS) is 13.4. The standard InChI is InChI=1S/C13H17NO/c1-10(9-11(2)15)14-12(3)13-7-5-4-6-8-13/h4-9,12,14H,1-3H3/t12-/m1/s1. The zero-order valence-corrected chi connectivity index (χ0v) is 9.45. The summed E-state index contributed by atoms with van der Waals surface area (Å²) in [4.78, 5) is 10.9. The van der Waals surface area contributed by atoms with Gasteiger partial charge >= 0.3 is 0 Å². The number of rotatable bonds is 4. The zero-order valence-electron chi connectivity index (χ0n) is 9.45. The van der Waals surface area contributed by atoms with Crippen LogP contribution in [0.1, 0.15) is 32.4 Å². The monoisotopic (exact) mass is 203 g/mol. The molecule has 1 aromatic carbocycles. The van der Waals surface area contributed by atoms with E-state index < -0.39 is 0 Å². The van der Waals surface area contributed by atoms with Gasteiger partial charge in [0, 0.05) is 11.7 Å². The molecule has 1 rings (SSSR count). The number of carbonyl (C=O) groups excluding carboxylic acids is 1. The highest BCUT2D eigenvalue weighted by atomic mass is 16.1. The van der Waals surface area contributed by atoms with Gasteiger partial charge in [-0.05, 0) is 32.4 Å². The summed E-state index contributed by atoms with van der Waals surface area (Å²) in [5.74, 6) is 0.0697. The Balaban J connectivity index is 2.64. The van der Waals surface area contributed by atoms with Crippen molar-refractivity contribution >= 4 is 5.78 Å². The van der Waals surface area contributed by atoms with Crippen molar-refractivity contribution in [1.29, 1.82) is 0 Å². The molecule has 1 atom stereocenters. The quantitative estimate of drug-likeness (QED) is 0.762. The van der Waals surface area contributed by atoms with E-state index in [0.717, 1.165) is 5.70 Å². The molecule has 15 heavy (non-hydrogen) atoms. The fraction of sp³-hybridized carbons (Fsp3) is 0.308. The minimum Gasteiger partial charge on any atom is -0.382 e. The predicted octanol–water partition coefficient (Wildman–Crippen LogP) is 2.83. The fourth-order valence-corrected chi connectivity index (χ4v) is 1.51. The lowest BCUT2D eigenvalue weighted by atomic mass is 10.1. The second kappa shape index (κ2) is 5.35. The molecule has 0 aliphatic heterocycles. The van der Waals surface area contributed by atoms with Crippen LogP contribution in [0.25, 0.3) is 0 Å². The molecule has 1 N–H and O–H groups in total. The Kier molecular flexibility index (Phi) is 4.10. The van der Waals surface area contributed by atoms with E-state index in [1.165, 1.54) is 5.56 Å². The van der Waals surface area contributed by atoms with Crippen LogP contribution >= 0.6 is 0 Å². The Morgan fingerprint density at radius 1 is 1.27 bits per heavy atom. The summed E-state index contributed by atoms with van der Waals surface area (Å²) in [6, 6.07) is 10.4. The third-order valence-electron chi connectivity index (χ3n) is 2.16. The maximum atomic E-state index is 10.9. The smallest absolute Gasteiger partial charge is 0.154 e. The van der Waals surface area contributed by atoms with Gasteiger partial charge in [0.25, 0.3) is 0 Å². The van der Waals surface area contributed by atoms with Crippen LogP contribution in [0, 0.1) is 0 Å². The average molecular weight is 203 g/mol. The highest BCUT2D eigenvalue weighted by molar-refractivity contribution is 5.87. The summed E-state index contributed by atoms with van der Waals surface area (Å²) in [6.45, 7) is 5.53. The number of nitrogens with one attached hydrogen (secondary N) is 1. The lowest BCUT2D eigenvalue weighted by Gasteiger charge is -2.15. The molecule has 0 aliphatic rings.